The van der Waals surface area contributed by atoms with Crippen LogP contribution in [0.2, 0.25) is 5.02 Å². The van der Waals surface area contributed by atoms with Crippen LogP contribution in [0.15, 0.2) is 72.1 Å². The normalized spacial score (nSPS) is 12.9. The molecule has 1 aliphatic rings. The number of halogens is 5. The number of nitrogens with one attached hydrogen (secondary N) is 1. The molecule has 0 spiro atoms. The molecule has 0 atom stereocenters. The van der Waals surface area contributed by atoms with Crippen molar-refractivity contribution in [1.29, 1.82) is 0 Å². The maximum atomic E-state index is 14.1. The summed E-state index contributed by atoms with van der Waals surface area (Å²) in [6.45, 7) is 0.359. The Morgan fingerprint density at radius 3 is 2.49 bits per heavy atom. The molecule has 0 saturated heterocycles. The Kier molecular flexibility index (Phi) is 6.51. The van der Waals surface area contributed by atoms with Gasteiger partial charge in [-0.3, -0.25) is 9.59 Å². The van der Waals surface area contributed by atoms with Crippen molar-refractivity contribution >= 4 is 46.1 Å². The van der Waals surface area contributed by atoms with E-state index < -0.39 is 29.0 Å². The minimum atomic E-state index is -4.73. The fourth-order valence-electron chi connectivity index (χ4n) is 4.18. The zero-order valence-corrected chi connectivity index (χ0v) is 20.5. The zero-order chi connectivity index (χ0) is 26.3. The average molecular weight is 545 g/mol. The van der Waals surface area contributed by atoms with Crippen molar-refractivity contribution in [2.24, 2.45) is 0 Å². The van der Waals surface area contributed by atoms with Gasteiger partial charge in [-0.25, -0.2) is 4.39 Å². The molecule has 5 rings (SSSR count). The first-order valence-corrected chi connectivity index (χ1v) is 12.3. The second-order valence-electron chi connectivity index (χ2n) is 8.41. The molecule has 3 aromatic carbocycles. The molecule has 4 aromatic rings. The summed E-state index contributed by atoms with van der Waals surface area (Å²) in [6, 6.07) is 15.3. The predicted octanol–water partition coefficient (Wildman–Crippen LogP) is 7.56. The van der Waals surface area contributed by atoms with Crippen LogP contribution in [0.3, 0.4) is 0 Å². The highest BCUT2D eigenvalue weighted by Crippen LogP contribution is 2.35. The quantitative estimate of drug-likeness (QED) is 0.271. The number of benzene rings is 3. The van der Waals surface area contributed by atoms with Crippen LogP contribution in [-0.2, 0) is 19.1 Å². The average Bonchev–Trinajstić information content (AvgIpc) is 3.22. The lowest BCUT2D eigenvalue weighted by molar-refractivity contribution is -0.137. The summed E-state index contributed by atoms with van der Waals surface area (Å²) in [4.78, 5) is 28.9. The van der Waals surface area contributed by atoms with Gasteiger partial charge < -0.3 is 10.2 Å². The molecule has 1 aromatic heterocycles. The molecule has 0 saturated carbocycles. The third kappa shape index (κ3) is 4.97. The summed E-state index contributed by atoms with van der Waals surface area (Å²) in [6.07, 6.45) is -4.03. The molecule has 0 unspecified atom stereocenters. The fourth-order valence-corrected chi connectivity index (χ4v) is 5.36. The van der Waals surface area contributed by atoms with Crippen molar-refractivity contribution < 1.29 is 27.2 Å². The highest BCUT2D eigenvalue weighted by atomic mass is 35.5. The highest BCUT2D eigenvalue weighted by Gasteiger charge is 2.32. The number of hydrogen-bond acceptors (Lipinski definition) is 3. The van der Waals surface area contributed by atoms with Gasteiger partial charge in [-0.05, 0) is 65.0 Å². The minimum Gasteiger partial charge on any atom is -0.322 e. The Hall–Kier alpha value is -3.69. The Morgan fingerprint density at radius 1 is 0.946 bits per heavy atom. The summed E-state index contributed by atoms with van der Waals surface area (Å²) in [7, 11) is 0. The Morgan fingerprint density at radius 2 is 1.73 bits per heavy atom. The molecule has 1 N–H and O–H groups in total. The number of anilines is 2. The van der Waals surface area contributed by atoms with E-state index in [1.54, 1.807) is 16.2 Å². The van der Waals surface area contributed by atoms with Crippen molar-refractivity contribution in [2.75, 3.05) is 10.2 Å². The molecule has 2 amide bonds. The standard InChI is InChI=1S/C27H17ClF4N2O2S/c28-21-13-18(33-25(35)20-12-17(27(30,31)32)5-8-22(20)29)6-7-19(21)26(36)34-14-16-9-10-37-24(16)11-15-3-1-2-4-23(15)34/h1-10,12-13H,11,14H2,(H,33,35). The van der Waals surface area contributed by atoms with E-state index in [0.29, 0.717) is 31.2 Å². The van der Waals surface area contributed by atoms with Gasteiger partial charge in [0.15, 0.2) is 0 Å². The lowest BCUT2D eigenvalue weighted by Gasteiger charge is -2.24. The molecule has 1 aliphatic heterocycles. The zero-order valence-electron chi connectivity index (χ0n) is 18.9. The topological polar surface area (TPSA) is 49.4 Å². The monoisotopic (exact) mass is 544 g/mol. The first-order chi connectivity index (χ1) is 17.6. The Balaban J connectivity index is 1.41. The molecular formula is C27H17ClF4N2O2S. The van der Waals surface area contributed by atoms with E-state index in [1.807, 2.05) is 35.7 Å². The van der Waals surface area contributed by atoms with E-state index in [4.69, 9.17) is 11.6 Å². The number of thiophene rings is 1. The van der Waals surface area contributed by atoms with E-state index in [0.717, 1.165) is 16.8 Å². The molecule has 0 aliphatic carbocycles. The van der Waals surface area contributed by atoms with Crippen LogP contribution in [0, 0.1) is 5.82 Å². The van der Waals surface area contributed by atoms with E-state index in [2.05, 4.69) is 5.32 Å². The van der Waals surface area contributed by atoms with Gasteiger partial charge in [0.1, 0.15) is 5.82 Å². The molecular weight excluding hydrogens is 528 g/mol. The molecule has 37 heavy (non-hydrogen) atoms. The Labute approximate surface area is 218 Å². The van der Waals surface area contributed by atoms with Gasteiger partial charge in [-0.15, -0.1) is 11.3 Å². The molecule has 2 heterocycles. The number of rotatable bonds is 3. The van der Waals surface area contributed by atoms with Crippen LogP contribution in [0.1, 0.15) is 42.3 Å². The second-order valence-corrected chi connectivity index (χ2v) is 9.81. The second kappa shape index (κ2) is 9.64. The summed E-state index contributed by atoms with van der Waals surface area (Å²) in [5.41, 5.74) is 1.17. The first-order valence-electron chi connectivity index (χ1n) is 11.0. The van der Waals surface area contributed by atoms with Crippen LogP contribution >= 0.6 is 22.9 Å². The van der Waals surface area contributed by atoms with Crippen molar-refractivity contribution in [3.05, 3.63) is 116 Å². The van der Waals surface area contributed by atoms with Gasteiger partial charge in [0.05, 0.1) is 28.3 Å². The smallest absolute Gasteiger partial charge is 0.322 e. The molecule has 10 heteroatoms. The minimum absolute atomic E-state index is 0.0274. The molecule has 4 nitrogen and oxygen atoms in total. The van der Waals surface area contributed by atoms with E-state index in [9.17, 15) is 27.2 Å². The highest BCUT2D eigenvalue weighted by molar-refractivity contribution is 7.10. The van der Waals surface area contributed by atoms with Gasteiger partial charge in [-0.1, -0.05) is 29.8 Å². The van der Waals surface area contributed by atoms with Crippen LogP contribution in [0.25, 0.3) is 0 Å². The number of fused-ring (bicyclic) bond motifs is 2. The third-order valence-electron chi connectivity index (χ3n) is 6.04. The first kappa shape index (κ1) is 25.0. The lowest BCUT2D eigenvalue weighted by atomic mass is 10.1. The molecule has 0 bridgehead atoms. The molecule has 0 radical (unpaired) electrons. The maximum absolute atomic E-state index is 14.1. The SMILES string of the molecule is O=C(Nc1ccc(C(=O)N2Cc3ccsc3Cc3ccccc32)c(Cl)c1)c1cc(C(F)(F)F)ccc1F. The largest absolute Gasteiger partial charge is 0.416 e. The van der Waals surface area contributed by atoms with Crippen LogP contribution < -0.4 is 10.2 Å². The van der Waals surface area contributed by atoms with Gasteiger partial charge >= 0.3 is 6.18 Å². The lowest BCUT2D eigenvalue weighted by Crippen LogP contribution is -2.30. The molecule has 0 fully saturated rings. The summed E-state index contributed by atoms with van der Waals surface area (Å²) in [5.74, 6) is -2.53. The van der Waals surface area contributed by atoms with Gasteiger partial charge in [0, 0.05) is 22.7 Å². The van der Waals surface area contributed by atoms with Gasteiger partial charge in [0.25, 0.3) is 11.8 Å². The number of alkyl halides is 3. The van der Waals surface area contributed by atoms with Crippen molar-refractivity contribution in [3.8, 4) is 0 Å². The third-order valence-corrected chi connectivity index (χ3v) is 7.32. The van der Waals surface area contributed by atoms with E-state index >= 15 is 0 Å². The number of nitrogens with zero attached hydrogens (tertiary/aromatic N) is 1. The molecule has 188 valence electrons. The van der Waals surface area contributed by atoms with E-state index in [-0.39, 0.29) is 22.2 Å². The van der Waals surface area contributed by atoms with Crippen molar-refractivity contribution in [1.82, 2.24) is 0 Å². The predicted molar refractivity (Wildman–Crippen MR) is 135 cm³/mol. The maximum Gasteiger partial charge on any atom is 0.416 e. The van der Waals surface area contributed by atoms with Crippen LogP contribution in [-0.4, -0.2) is 11.8 Å². The summed E-state index contributed by atoms with van der Waals surface area (Å²) in [5, 5.41) is 4.36. The summed E-state index contributed by atoms with van der Waals surface area (Å²) >= 11 is 8.05. The Bertz CT molecular complexity index is 1530. The number of amides is 2. The van der Waals surface area contributed by atoms with E-state index in [1.165, 1.54) is 23.1 Å². The van der Waals surface area contributed by atoms with Crippen LogP contribution in [0.5, 0.6) is 0 Å². The van der Waals surface area contributed by atoms with Crippen molar-refractivity contribution in [2.45, 2.75) is 19.1 Å². The van der Waals surface area contributed by atoms with Gasteiger partial charge in [0.2, 0.25) is 0 Å². The number of para-hydroxylation sites is 1. The van der Waals surface area contributed by atoms with Gasteiger partial charge in [-0.2, -0.15) is 13.2 Å². The van der Waals surface area contributed by atoms with Crippen LogP contribution in [0.4, 0.5) is 28.9 Å². The number of carbonyl (C=O) groups excluding carboxylic acids is 2. The number of carbonyl (C=O) groups is 2. The summed E-state index contributed by atoms with van der Waals surface area (Å²) < 4.78 is 53.1. The van der Waals surface area contributed by atoms with Crippen molar-refractivity contribution in [3.63, 3.8) is 0 Å². The number of hydrogen-bond donors (Lipinski definition) is 1. The fraction of sp³-hybridized carbons (Fsp3) is 0.111.